The molecule has 0 aliphatic heterocycles. The first kappa shape index (κ1) is 16.9. The molecule has 0 spiro atoms. The summed E-state index contributed by atoms with van der Waals surface area (Å²) in [5, 5.41) is 0. The molecule has 0 aromatic heterocycles. The Balaban J connectivity index is 3.94. The van der Waals surface area contributed by atoms with E-state index in [0.717, 1.165) is 12.5 Å². The number of alkyl halides is 1. The van der Waals surface area contributed by atoms with Crippen LogP contribution in [0.1, 0.15) is 65.7 Å². The fourth-order valence-corrected chi connectivity index (χ4v) is 2.36. The van der Waals surface area contributed by atoms with Crippen molar-refractivity contribution >= 4 is 0 Å². The molecular weight excluding hydrogens is 213 g/mol. The van der Waals surface area contributed by atoms with Crippen molar-refractivity contribution in [2.45, 2.75) is 71.8 Å². The largest absolute Gasteiger partial charge is 0.303 e. The molecule has 0 aromatic carbocycles. The molecular formula is C15H32FN. The highest BCUT2D eigenvalue weighted by Crippen LogP contribution is 2.17. The van der Waals surface area contributed by atoms with Gasteiger partial charge in [0.05, 0.1) is 6.67 Å². The molecule has 1 nitrogen and oxygen atoms in total. The van der Waals surface area contributed by atoms with E-state index in [1.165, 1.54) is 38.5 Å². The van der Waals surface area contributed by atoms with Crippen LogP contribution >= 0.6 is 0 Å². The first-order valence-electron chi connectivity index (χ1n) is 7.38. The minimum absolute atomic E-state index is 0.186. The van der Waals surface area contributed by atoms with Gasteiger partial charge in [-0.3, -0.25) is 4.39 Å². The van der Waals surface area contributed by atoms with Crippen LogP contribution in [0.2, 0.25) is 0 Å². The van der Waals surface area contributed by atoms with E-state index in [2.05, 4.69) is 32.7 Å². The number of hydrogen-bond acceptors (Lipinski definition) is 1. The standard InChI is InChI=1S/C15H32FN/c1-5-6-7-8-10-15(13-14(2)3)17(4)12-9-11-16/h14-15H,5-13H2,1-4H3. The number of halogens is 1. The summed E-state index contributed by atoms with van der Waals surface area (Å²) < 4.78 is 12.2. The van der Waals surface area contributed by atoms with E-state index in [-0.39, 0.29) is 6.67 Å². The second kappa shape index (κ2) is 11.0. The van der Waals surface area contributed by atoms with Gasteiger partial charge >= 0.3 is 0 Å². The zero-order valence-corrected chi connectivity index (χ0v) is 12.3. The quantitative estimate of drug-likeness (QED) is 0.478. The van der Waals surface area contributed by atoms with Crippen molar-refractivity contribution in [3.63, 3.8) is 0 Å². The van der Waals surface area contributed by atoms with Gasteiger partial charge in [0.15, 0.2) is 0 Å². The molecule has 0 saturated heterocycles. The lowest BCUT2D eigenvalue weighted by molar-refractivity contribution is 0.190. The van der Waals surface area contributed by atoms with Crippen molar-refractivity contribution in [1.29, 1.82) is 0 Å². The maximum Gasteiger partial charge on any atom is 0.0906 e. The Hall–Kier alpha value is -0.110. The van der Waals surface area contributed by atoms with Crippen LogP contribution in [0.3, 0.4) is 0 Å². The van der Waals surface area contributed by atoms with E-state index >= 15 is 0 Å². The Morgan fingerprint density at radius 3 is 2.29 bits per heavy atom. The zero-order valence-electron chi connectivity index (χ0n) is 12.3. The van der Waals surface area contributed by atoms with Gasteiger partial charge in [0.25, 0.3) is 0 Å². The topological polar surface area (TPSA) is 3.24 Å². The molecule has 0 aliphatic carbocycles. The number of rotatable bonds is 11. The van der Waals surface area contributed by atoms with Crippen LogP contribution in [0, 0.1) is 5.92 Å². The van der Waals surface area contributed by atoms with Crippen molar-refractivity contribution in [2.75, 3.05) is 20.3 Å². The highest BCUT2D eigenvalue weighted by Gasteiger charge is 2.15. The molecule has 17 heavy (non-hydrogen) atoms. The summed E-state index contributed by atoms with van der Waals surface area (Å²) in [5.74, 6) is 0.735. The number of unbranched alkanes of at least 4 members (excludes halogenated alkanes) is 3. The van der Waals surface area contributed by atoms with Gasteiger partial charge in [-0.1, -0.05) is 46.5 Å². The van der Waals surface area contributed by atoms with Gasteiger partial charge in [-0.15, -0.1) is 0 Å². The summed E-state index contributed by atoms with van der Waals surface area (Å²) in [6.45, 7) is 7.53. The van der Waals surface area contributed by atoms with Gasteiger partial charge in [0.2, 0.25) is 0 Å². The van der Waals surface area contributed by atoms with Gasteiger partial charge < -0.3 is 4.90 Å². The molecule has 1 unspecified atom stereocenters. The molecule has 1 atom stereocenters. The summed E-state index contributed by atoms with van der Waals surface area (Å²) in [4.78, 5) is 2.37. The third-order valence-electron chi connectivity index (χ3n) is 3.40. The molecule has 0 fully saturated rings. The average Bonchev–Trinajstić information content (AvgIpc) is 2.29. The van der Waals surface area contributed by atoms with Crippen LogP contribution in [0.15, 0.2) is 0 Å². The molecule has 2 heteroatoms. The zero-order chi connectivity index (χ0) is 13.1. The van der Waals surface area contributed by atoms with E-state index in [0.29, 0.717) is 12.5 Å². The molecule has 0 aromatic rings. The van der Waals surface area contributed by atoms with Crippen LogP contribution in [-0.2, 0) is 0 Å². The second-order valence-corrected chi connectivity index (χ2v) is 5.66. The van der Waals surface area contributed by atoms with Crippen LogP contribution < -0.4 is 0 Å². The Morgan fingerprint density at radius 1 is 1.06 bits per heavy atom. The van der Waals surface area contributed by atoms with Crippen LogP contribution in [-0.4, -0.2) is 31.2 Å². The van der Waals surface area contributed by atoms with Crippen molar-refractivity contribution in [3.05, 3.63) is 0 Å². The SMILES string of the molecule is CCCCCCC(CC(C)C)N(C)CCCF. The first-order chi connectivity index (χ1) is 8.11. The average molecular weight is 245 g/mol. The van der Waals surface area contributed by atoms with Crippen molar-refractivity contribution in [3.8, 4) is 0 Å². The van der Waals surface area contributed by atoms with Gasteiger partial charge in [0, 0.05) is 12.6 Å². The minimum Gasteiger partial charge on any atom is -0.303 e. The van der Waals surface area contributed by atoms with E-state index < -0.39 is 0 Å². The predicted molar refractivity (Wildman–Crippen MR) is 75.2 cm³/mol. The Morgan fingerprint density at radius 2 is 1.76 bits per heavy atom. The summed E-state index contributed by atoms with van der Waals surface area (Å²) in [5.41, 5.74) is 0. The van der Waals surface area contributed by atoms with Crippen molar-refractivity contribution in [2.24, 2.45) is 5.92 Å². The summed E-state index contributed by atoms with van der Waals surface area (Å²) in [7, 11) is 2.16. The smallest absolute Gasteiger partial charge is 0.0906 e. The van der Waals surface area contributed by atoms with E-state index in [1.807, 2.05) is 0 Å². The van der Waals surface area contributed by atoms with E-state index in [1.54, 1.807) is 0 Å². The monoisotopic (exact) mass is 245 g/mol. The van der Waals surface area contributed by atoms with Gasteiger partial charge in [-0.2, -0.15) is 0 Å². The van der Waals surface area contributed by atoms with Crippen molar-refractivity contribution in [1.82, 2.24) is 4.90 Å². The fourth-order valence-electron chi connectivity index (χ4n) is 2.36. The molecule has 0 aliphatic rings. The van der Waals surface area contributed by atoms with Gasteiger partial charge in [-0.05, 0) is 32.2 Å². The van der Waals surface area contributed by atoms with Crippen LogP contribution in [0.25, 0.3) is 0 Å². The molecule has 0 radical (unpaired) electrons. The summed E-state index contributed by atoms with van der Waals surface area (Å²) in [6, 6.07) is 0.651. The first-order valence-corrected chi connectivity index (χ1v) is 7.38. The molecule has 0 saturated carbocycles. The molecule has 0 amide bonds. The summed E-state index contributed by atoms with van der Waals surface area (Å²) >= 11 is 0. The third kappa shape index (κ3) is 9.58. The van der Waals surface area contributed by atoms with Crippen molar-refractivity contribution < 1.29 is 4.39 Å². The Labute approximate surface area is 108 Å². The third-order valence-corrected chi connectivity index (χ3v) is 3.40. The maximum atomic E-state index is 12.2. The lowest BCUT2D eigenvalue weighted by Gasteiger charge is -2.29. The van der Waals surface area contributed by atoms with Crippen LogP contribution in [0.4, 0.5) is 4.39 Å². The highest BCUT2D eigenvalue weighted by atomic mass is 19.1. The number of hydrogen-bond donors (Lipinski definition) is 0. The normalized spacial score (nSPS) is 13.6. The molecule has 0 heterocycles. The summed E-state index contributed by atoms with van der Waals surface area (Å²) in [6.07, 6.45) is 8.53. The Kier molecular flexibility index (Phi) is 10.9. The Bertz CT molecular complexity index is 159. The lowest BCUT2D eigenvalue weighted by Crippen LogP contribution is -2.34. The van der Waals surface area contributed by atoms with Gasteiger partial charge in [0.1, 0.15) is 0 Å². The second-order valence-electron chi connectivity index (χ2n) is 5.66. The maximum absolute atomic E-state index is 12.2. The van der Waals surface area contributed by atoms with Crippen LogP contribution in [0.5, 0.6) is 0 Å². The minimum atomic E-state index is -0.186. The molecule has 104 valence electrons. The lowest BCUT2D eigenvalue weighted by atomic mass is 9.97. The predicted octanol–water partition coefficient (Wildman–Crippen LogP) is 4.66. The van der Waals surface area contributed by atoms with Gasteiger partial charge in [-0.25, -0.2) is 0 Å². The molecule has 0 bridgehead atoms. The molecule has 0 rings (SSSR count). The van der Waals surface area contributed by atoms with E-state index in [4.69, 9.17) is 0 Å². The fraction of sp³-hybridized carbons (Fsp3) is 1.00. The molecule has 0 N–H and O–H groups in total. The van der Waals surface area contributed by atoms with E-state index in [9.17, 15) is 4.39 Å². The number of nitrogens with zero attached hydrogens (tertiary/aromatic N) is 1. The highest BCUT2D eigenvalue weighted by molar-refractivity contribution is 4.70.